The van der Waals surface area contributed by atoms with Crippen LogP contribution in [0.15, 0.2) is 47.7 Å². The fourth-order valence-corrected chi connectivity index (χ4v) is 3.53. The first-order chi connectivity index (χ1) is 14.7. The molecule has 1 aliphatic rings. The summed E-state index contributed by atoms with van der Waals surface area (Å²) in [5, 5.41) is 15.7. The van der Waals surface area contributed by atoms with E-state index in [1.165, 1.54) is 0 Å². The highest BCUT2D eigenvalue weighted by atomic mass is 127. The van der Waals surface area contributed by atoms with Crippen molar-refractivity contribution in [1.82, 2.24) is 35.2 Å². The van der Waals surface area contributed by atoms with Gasteiger partial charge in [0.05, 0.1) is 18.8 Å². The Morgan fingerprint density at radius 1 is 1.29 bits per heavy atom. The van der Waals surface area contributed by atoms with Gasteiger partial charge in [0.25, 0.3) is 0 Å². The summed E-state index contributed by atoms with van der Waals surface area (Å²) in [6.45, 7) is 4.71. The molecule has 1 aromatic carbocycles. The number of halogens is 1. The van der Waals surface area contributed by atoms with Crippen LogP contribution >= 0.6 is 24.0 Å². The van der Waals surface area contributed by atoms with Gasteiger partial charge in [-0.3, -0.25) is 0 Å². The average Bonchev–Trinajstić information content (AvgIpc) is 3.42. The summed E-state index contributed by atoms with van der Waals surface area (Å²) in [6.07, 6.45) is 5.60. The summed E-state index contributed by atoms with van der Waals surface area (Å²) in [6, 6.07) is 10.5. The maximum Gasteiger partial charge on any atom is 0.191 e. The quantitative estimate of drug-likeness (QED) is 0.274. The first-order valence-electron chi connectivity index (χ1n) is 10.3. The summed E-state index contributed by atoms with van der Waals surface area (Å²) in [5.74, 6) is 2.59. The van der Waals surface area contributed by atoms with Gasteiger partial charge in [-0.25, -0.2) is 19.3 Å². The van der Waals surface area contributed by atoms with E-state index in [0.717, 1.165) is 54.8 Å². The van der Waals surface area contributed by atoms with Gasteiger partial charge in [-0.05, 0) is 37.1 Å². The summed E-state index contributed by atoms with van der Waals surface area (Å²) >= 11 is 0. The van der Waals surface area contributed by atoms with Crippen molar-refractivity contribution in [3.63, 3.8) is 0 Å². The number of aliphatic imine (C=N–C) groups is 1. The lowest BCUT2D eigenvalue weighted by Crippen LogP contribution is -2.47. The fraction of sp³-hybridized carbons (Fsp3) is 0.429. The molecule has 3 heterocycles. The van der Waals surface area contributed by atoms with Crippen molar-refractivity contribution in [2.24, 2.45) is 4.99 Å². The van der Waals surface area contributed by atoms with E-state index in [0.29, 0.717) is 13.2 Å². The van der Waals surface area contributed by atoms with E-state index in [4.69, 9.17) is 9.73 Å². The lowest BCUT2D eigenvalue weighted by Gasteiger charge is -2.25. The van der Waals surface area contributed by atoms with Crippen molar-refractivity contribution in [1.29, 1.82) is 0 Å². The van der Waals surface area contributed by atoms with E-state index in [1.54, 1.807) is 13.3 Å². The van der Waals surface area contributed by atoms with Crippen LogP contribution in [0.3, 0.4) is 0 Å². The largest absolute Gasteiger partial charge is 0.377 e. The summed E-state index contributed by atoms with van der Waals surface area (Å²) in [4.78, 5) is 9.31. The van der Waals surface area contributed by atoms with Crippen molar-refractivity contribution in [2.45, 2.75) is 45.5 Å². The number of aryl methyl sites for hydroxylation is 1. The first-order valence-corrected chi connectivity index (χ1v) is 10.3. The molecule has 1 atom stereocenters. The van der Waals surface area contributed by atoms with E-state index in [1.807, 2.05) is 21.6 Å². The second kappa shape index (κ2) is 11.2. The molecule has 166 valence electrons. The lowest BCUT2D eigenvalue weighted by atomic mass is 10.1. The van der Waals surface area contributed by atoms with Crippen LogP contribution in [0.25, 0.3) is 5.69 Å². The van der Waals surface area contributed by atoms with Crippen LogP contribution in [0.2, 0.25) is 0 Å². The van der Waals surface area contributed by atoms with E-state index in [-0.39, 0.29) is 30.0 Å². The third kappa shape index (κ3) is 6.03. The molecule has 4 rings (SSSR count). The van der Waals surface area contributed by atoms with Gasteiger partial charge in [0, 0.05) is 38.5 Å². The Bertz CT molecular complexity index is 968. The molecule has 0 amide bonds. The van der Waals surface area contributed by atoms with Crippen molar-refractivity contribution in [3.8, 4) is 5.69 Å². The number of hydrogen-bond acceptors (Lipinski definition) is 5. The third-order valence-electron chi connectivity index (χ3n) is 4.99. The average molecular weight is 536 g/mol. The normalized spacial score (nSPS) is 15.8. The number of fused-ring (bicyclic) bond motifs is 1. The van der Waals surface area contributed by atoms with Gasteiger partial charge in [-0.2, -0.15) is 10.2 Å². The minimum atomic E-state index is 0. The molecule has 31 heavy (non-hydrogen) atoms. The van der Waals surface area contributed by atoms with Crippen molar-refractivity contribution in [3.05, 3.63) is 59.9 Å². The van der Waals surface area contributed by atoms with Crippen LogP contribution in [0.4, 0.5) is 0 Å². The zero-order valence-electron chi connectivity index (χ0n) is 17.9. The second-order valence-corrected chi connectivity index (χ2v) is 7.25. The number of guanidine groups is 1. The summed E-state index contributed by atoms with van der Waals surface area (Å²) < 4.78 is 8.97. The third-order valence-corrected chi connectivity index (χ3v) is 4.99. The molecule has 1 aliphatic heterocycles. The number of nitrogens with one attached hydrogen (secondary N) is 2. The topological polar surface area (TPSA) is 94.2 Å². The van der Waals surface area contributed by atoms with Gasteiger partial charge >= 0.3 is 0 Å². The number of nitrogens with zero attached hydrogens (tertiary/aromatic N) is 6. The molecule has 0 bridgehead atoms. The molecule has 3 aromatic rings. The molecule has 0 saturated heterocycles. The van der Waals surface area contributed by atoms with Crippen LogP contribution < -0.4 is 10.6 Å². The maximum absolute atomic E-state index is 5.14. The Labute approximate surface area is 199 Å². The highest BCUT2D eigenvalue weighted by molar-refractivity contribution is 14.0. The minimum absolute atomic E-state index is 0. The predicted octanol–water partition coefficient (Wildman–Crippen LogP) is 2.30. The van der Waals surface area contributed by atoms with Gasteiger partial charge in [0.15, 0.2) is 11.8 Å². The van der Waals surface area contributed by atoms with Gasteiger partial charge in [-0.15, -0.1) is 24.0 Å². The van der Waals surface area contributed by atoms with Gasteiger partial charge in [-0.1, -0.05) is 12.1 Å². The molecule has 2 aromatic heterocycles. The Hall–Kier alpha value is -2.47. The van der Waals surface area contributed by atoms with Crippen LogP contribution in [0.5, 0.6) is 0 Å². The summed E-state index contributed by atoms with van der Waals surface area (Å²) in [7, 11) is 1.66. The number of ether oxygens (including phenoxy) is 1. The molecule has 0 aliphatic carbocycles. The standard InChI is InChI=1S/C21H28N8O.HI/c1-3-22-21(23-13-16-5-8-18(9-6-16)28-12-4-11-24-28)25-17-7-10-20-26-19(15-30-2)27-29(20)14-17;/h4-6,8-9,11-12,17H,3,7,10,13-15H2,1-2H3,(H2,22,23,25);1H. The number of aromatic nitrogens is 5. The van der Waals surface area contributed by atoms with E-state index in [9.17, 15) is 0 Å². The smallest absolute Gasteiger partial charge is 0.191 e. The molecule has 1 unspecified atom stereocenters. The number of rotatable bonds is 7. The fourth-order valence-electron chi connectivity index (χ4n) is 3.53. The Morgan fingerprint density at radius 3 is 2.84 bits per heavy atom. The molecule has 0 saturated carbocycles. The highest BCUT2D eigenvalue weighted by Gasteiger charge is 2.22. The van der Waals surface area contributed by atoms with Crippen molar-refractivity contribution < 1.29 is 4.74 Å². The number of benzene rings is 1. The highest BCUT2D eigenvalue weighted by Crippen LogP contribution is 2.14. The predicted molar refractivity (Wildman–Crippen MR) is 130 cm³/mol. The number of methoxy groups -OCH3 is 1. The van der Waals surface area contributed by atoms with Gasteiger partial charge < -0.3 is 15.4 Å². The first kappa shape index (κ1) is 23.2. The Morgan fingerprint density at radius 2 is 2.13 bits per heavy atom. The van der Waals surface area contributed by atoms with Gasteiger partial charge in [0.1, 0.15) is 12.4 Å². The van der Waals surface area contributed by atoms with E-state index < -0.39 is 0 Å². The molecule has 0 radical (unpaired) electrons. The maximum atomic E-state index is 5.14. The molecule has 0 fully saturated rings. The minimum Gasteiger partial charge on any atom is -0.377 e. The number of hydrogen-bond donors (Lipinski definition) is 2. The Balaban J connectivity index is 0.00000272. The van der Waals surface area contributed by atoms with E-state index >= 15 is 0 Å². The monoisotopic (exact) mass is 536 g/mol. The Kier molecular flexibility index (Phi) is 8.41. The molecular weight excluding hydrogens is 507 g/mol. The van der Waals surface area contributed by atoms with Gasteiger partial charge in [0.2, 0.25) is 0 Å². The lowest BCUT2D eigenvalue weighted by molar-refractivity contribution is 0.177. The SMILES string of the molecule is CCNC(=NCc1ccc(-n2cccn2)cc1)NC1CCc2nc(COC)nn2C1.I. The molecule has 10 heteroatoms. The van der Waals surface area contributed by atoms with Crippen LogP contribution in [-0.2, 0) is 30.9 Å². The zero-order valence-corrected chi connectivity index (χ0v) is 20.2. The van der Waals surface area contributed by atoms with Crippen molar-refractivity contribution >= 4 is 29.9 Å². The summed E-state index contributed by atoms with van der Waals surface area (Å²) in [5.41, 5.74) is 2.19. The molecule has 0 spiro atoms. The van der Waals surface area contributed by atoms with Crippen LogP contribution in [-0.4, -0.2) is 50.2 Å². The van der Waals surface area contributed by atoms with Crippen LogP contribution in [0, 0.1) is 0 Å². The molecule has 9 nitrogen and oxygen atoms in total. The van der Waals surface area contributed by atoms with Crippen molar-refractivity contribution in [2.75, 3.05) is 13.7 Å². The second-order valence-electron chi connectivity index (χ2n) is 7.25. The zero-order chi connectivity index (χ0) is 20.8. The van der Waals surface area contributed by atoms with E-state index in [2.05, 4.69) is 57.0 Å². The molecule has 2 N–H and O–H groups in total. The van der Waals surface area contributed by atoms with Crippen LogP contribution in [0.1, 0.15) is 30.6 Å². The molecular formula is C21H29IN8O.